The third-order valence-corrected chi connectivity index (χ3v) is 2.84. The van der Waals surface area contributed by atoms with E-state index >= 15 is 0 Å². The molecule has 0 aliphatic carbocycles. The second-order valence-electron chi connectivity index (χ2n) is 3.69. The highest BCUT2D eigenvalue weighted by Gasteiger charge is 2.25. The summed E-state index contributed by atoms with van der Waals surface area (Å²) in [6.45, 7) is 0.495. The van der Waals surface area contributed by atoms with Crippen LogP contribution in [0, 0.1) is 0 Å². The van der Waals surface area contributed by atoms with Crippen molar-refractivity contribution in [2.45, 2.75) is 12.8 Å². The summed E-state index contributed by atoms with van der Waals surface area (Å²) in [5.41, 5.74) is 0.395. The Labute approximate surface area is 108 Å². The van der Waals surface area contributed by atoms with Crippen molar-refractivity contribution in [1.29, 1.82) is 0 Å². The quantitative estimate of drug-likeness (QED) is 0.855. The fraction of sp³-hybridized carbons (Fsp3) is 0.273. The van der Waals surface area contributed by atoms with Crippen molar-refractivity contribution in [1.82, 2.24) is 5.32 Å². The van der Waals surface area contributed by atoms with E-state index in [1.54, 1.807) is 6.07 Å². The number of carbonyl (C=O) groups excluding carboxylic acids is 2. The molecule has 1 aromatic rings. The van der Waals surface area contributed by atoms with E-state index in [4.69, 9.17) is 23.2 Å². The molecule has 1 aliphatic heterocycles. The Morgan fingerprint density at radius 2 is 1.76 bits per heavy atom. The zero-order chi connectivity index (χ0) is 12.4. The first-order valence-electron chi connectivity index (χ1n) is 5.15. The zero-order valence-corrected chi connectivity index (χ0v) is 10.4. The number of benzene rings is 1. The predicted octanol–water partition coefficient (Wildman–Crippen LogP) is 2.83. The molecule has 0 saturated carbocycles. The van der Waals surface area contributed by atoms with Gasteiger partial charge in [-0.05, 0) is 24.6 Å². The highest BCUT2D eigenvalue weighted by molar-refractivity contribution is 6.35. The van der Waals surface area contributed by atoms with Gasteiger partial charge >= 0.3 is 6.03 Å². The summed E-state index contributed by atoms with van der Waals surface area (Å²) in [6, 6.07) is 4.19. The maximum Gasteiger partial charge on any atom is 0.328 e. The molecule has 90 valence electrons. The predicted molar refractivity (Wildman–Crippen MR) is 66.6 cm³/mol. The van der Waals surface area contributed by atoms with E-state index in [-0.39, 0.29) is 5.91 Å². The number of anilines is 1. The fourth-order valence-corrected chi connectivity index (χ4v) is 2.18. The van der Waals surface area contributed by atoms with Crippen LogP contribution in [0.5, 0.6) is 0 Å². The van der Waals surface area contributed by atoms with Crippen LogP contribution in [0.25, 0.3) is 0 Å². The van der Waals surface area contributed by atoms with E-state index in [0.717, 1.165) is 4.90 Å². The van der Waals surface area contributed by atoms with Gasteiger partial charge in [0.1, 0.15) is 0 Å². The molecule has 0 unspecified atom stereocenters. The summed E-state index contributed by atoms with van der Waals surface area (Å²) in [5, 5.41) is 3.42. The van der Waals surface area contributed by atoms with Crippen molar-refractivity contribution in [3.63, 3.8) is 0 Å². The minimum Gasteiger partial charge on any atom is -0.337 e. The Kier molecular flexibility index (Phi) is 3.54. The summed E-state index contributed by atoms with van der Waals surface area (Å²) in [4.78, 5) is 24.7. The Morgan fingerprint density at radius 3 is 2.41 bits per heavy atom. The maximum atomic E-state index is 11.8. The van der Waals surface area contributed by atoms with Gasteiger partial charge in [-0.25, -0.2) is 9.69 Å². The largest absolute Gasteiger partial charge is 0.337 e. The lowest BCUT2D eigenvalue weighted by Crippen LogP contribution is -2.41. The lowest BCUT2D eigenvalue weighted by atomic mass is 10.2. The van der Waals surface area contributed by atoms with E-state index in [0.29, 0.717) is 35.1 Å². The lowest BCUT2D eigenvalue weighted by molar-refractivity contribution is -0.117. The van der Waals surface area contributed by atoms with Gasteiger partial charge in [0, 0.05) is 23.0 Å². The highest BCUT2D eigenvalue weighted by atomic mass is 35.5. The number of hydrogen-bond acceptors (Lipinski definition) is 2. The van der Waals surface area contributed by atoms with E-state index in [1.807, 2.05) is 0 Å². The van der Waals surface area contributed by atoms with Gasteiger partial charge < -0.3 is 5.32 Å². The smallest absolute Gasteiger partial charge is 0.328 e. The lowest BCUT2D eigenvalue weighted by Gasteiger charge is -2.18. The zero-order valence-electron chi connectivity index (χ0n) is 8.87. The molecule has 1 N–H and O–H groups in total. The molecule has 4 nitrogen and oxygen atoms in total. The third kappa shape index (κ3) is 2.70. The van der Waals surface area contributed by atoms with Crippen LogP contribution in [0.4, 0.5) is 10.5 Å². The molecule has 0 atom stereocenters. The Bertz CT molecular complexity index is 438. The van der Waals surface area contributed by atoms with Gasteiger partial charge in [-0.3, -0.25) is 4.79 Å². The van der Waals surface area contributed by atoms with Crippen molar-refractivity contribution >= 4 is 40.8 Å². The minimum absolute atomic E-state index is 0.252. The molecule has 0 radical (unpaired) electrons. The average Bonchev–Trinajstić information content (AvgIpc) is 2.38. The van der Waals surface area contributed by atoms with E-state index < -0.39 is 6.03 Å². The van der Waals surface area contributed by atoms with Crippen LogP contribution in [-0.4, -0.2) is 18.5 Å². The molecular formula is C11H10Cl2N2O2. The molecule has 0 spiro atoms. The molecule has 1 fully saturated rings. The average molecular weight is 273 g/mol. The number of imide groups is 1. The number of amides is 3. The normalized spacial score (nSPS) is 16.7. The number of nitrogens with one attached hydrogen (secondary N) is 1. The van der Waals surface area contributed by atoms with Crippen molar-refractivity contribution in [2.75, 3.05) is 11.4 Å². The minimum atomic E-state index is -0.439. The molecule has 2 rings (SSSR count). The molecular weight excluding hydrogens is 263 g/mol. The summed E-state index contributed by atoms with van der Waals surface area (Å²) in [7, 11) is 0. The van der Waals surface area contributed by atoms with Crippen LogP contribution in [0.3, 0.4) is 0 Å². The molecule has 0 bridgehead atoms. The summed E-state index contributed by atoms with van der Waals surface area (Å²) in [5.74, 6) is -0.252. The molecule has 17 heavy (non-hydrogen) atoms. The number of carbonyl (C=O) groups is 2. The highest BCUT2D eigenvalue weighted by Crippen LogP contribution is 2.26. The number of rotatable bonds is 1. The number of urea groups is 1. The Hall–Kier alpha value is -1.26. The van der Waals surface area contributed by atoms with E-state index in [9.17, 15) is 9.59 Å². The van der Waals surface area contributed by atoms with Crippen molar-refractivity contribution in [3.05, 3.63) is 28.2 Å². The molecule has 1 aromatic carbocycles. The van der Waals surface area contributed by atoms with Gasteiger partial charge in [-0.15, -0.1) is 0 Å². The first-order valence-corrected chi connectivity index (χ1v) is 5.90. The standard InChI is InChI=1S/C11H10Cl2N2O2/c12-7-4-8(13)6-9(5-7)15-10(16)2-1-3-14-11(15)17/h4-6H,1-3H2,(H,14,17). The van der Waals surface area contributed by atoms with Crippen LogP contribution in [0.15, 0.2) is 18.2 Å². The van der Waals surface area contributed by atoms with Crippen LogP contribution < -0.4 is 10.2 Å². The Balaban J connectivity index is 2.41. The fourth-order valence-electron chi connectivity index (χ4n) is 1.67. The van der Waals surface area contributed by atoms with Gasteiger partial charge in [-0.2, -0.15) is 0 Å². The van der Waals surface area contributed by atoms with Gasteiger partial charge in [0.25, 0.3) is 0 Å². The van der Waals surface area contributed by atoms with E-state index in [2.05, 4.69) is 5.32 Å². The van der Waals surface area contributed by atoms with Crippen LogP contribution in [0.2, 0.25) is 10.0 Å². The van der Waals surface area contributed by atoms with Crippen LogP contribution in [-0.2, 0) is 4.79 Å². The molecule has 1 heterocycles. The van der Waals surface area contributed by atoms with Crippen LogP contribution in [0.1, 0.15) is 12.8 Å². The Morgan fingerprint density at radius 1 is 1.12 bits per heavy atom. The first-order chi connectivity index (χ1) is 8.08. The molecule has 1 aliphatic rings. The van der Waals surface area contributed by atoms with Gasteiger partial charge in [-0.1, -0.05) is 23.2 Å². The van der Waals surface area contributed by atoms with Gasteiger partial charge in [0.2, 0.25) is 5.91 Å². The topological polar surface area (TPSA) is 49.4 Å². The third-order valence-electron chi connectivity index (χ3n) is 2.40. The van der Waals surface area contributed by atoms with Crippen molar-refractivity contribution < 1.29 is 9.59 Å². The summed E-state index contributed by atoms with van der Waals surface area (Å²) in [6.07, 6.45) is 0.957. The summed E-state index contributed by atoms with van der Waals surface area (Å²) < 4.78 is 0. The second kappa shape index (κ2) is 4.94. The second-order valence-corrected chi connectivity index (χ2v) is 4.57. The van der Waals surface area contributed by atoms with Crippen molar-refractivity contribution in [3.8, 4) is 0 Å². The number of hydrogen-bond donors (Lipinski definition) is 1. The van der Waals surface area contributed by atoms with E-state index in [1.165, 1.54) is 12.1 Å². The molecule has 6 heteroatoms. The monoisotopic (exact) mass is 272 g/mol. The maximum absolute atomic E-state index is 11.8. The van der Waals surface area contributed by atoms with Gasteiger partial charge in [0.05, 0.1) is 5.69 Å². The molecule has 0 aromatic heterocycles. The first kappa shape index (κ1) is 12.2. The van der Waals surface area contributed by atoms with Gasteiger partial charge in [0.15, 0.2) is 0 Å². The molecule has 3 amide bonds. The van der Waals surface area contributed by atoms with Crippen molar-refractivity contribution in [2.24, 2.45) is 0 Å². The SMILES string of the molecule is O=C1CCCNC(=O)N1c1cc(Cl)cc(Cl)c1. The summed E-state index contributed by atoms with van der Waals surface area (Å²) >= 11 is 11.7. The van der Waals surface area contributed by atoms with Crippen LogP contribution >= 0.6 is 23.2 Å². The molecule has 1 saturated heterocycles. The number of halogens is 2. The number of nitrogens with zero attached hydrogens (tertiary/aromatic N) is 1.